The first-order valence-electron chi connectivity index (χ1n) is 15.8. The third kappa shape index (κ3) is 7.70. The predicted molar refractivity (Wildman–Crippen MR) is 188 cm³/mol. The SMILES string of the molecule is C[Si]12O[Si]3O[Si]4O[Si]5O[Si](O3)O[Si]3(C)O[Si](C)(O1)O[Si]1(C)O[Si]6(C)O[Si](C)(O2)O[Si](C)(O4)O[Si]2(C)O[Si](C)(O5)O[Si](C)(O3)O[Si](C)(O1)O[Si](C)(O2)O6. The highest BCUT2D eigenvalue weighted by molar-refractivity contribution is 7.01. The van der Waals surface area contributed by atoms with Crippen LogP contribution in [0.1, 0.15) is 0 Å². The Morgan fingerprint density at radius 2 is 0.308 bits per heavy atom. The second-order valence-electron chi connectivity index (χ2n) is 13.8. The van der Waals surface area contributed by atoms with Crippen molar-refractivity contribution < 1.29 is 98.8 Å². The fourth-order valence-corrected chi connectivity index (χ4v) is 83.4. The van der Waals surface area contributed by atoms with Crippen LogP contribution in [-0.4, -0.2) is 144 Å². The Kier molecular flexibility index (Phi) is 9.28. The summed E-state index contributed by atoms with van der Waals surface area (Å²) in [5, 5.41) is 0. The van der Waals surface area contributed by atoms with Gasteiger partial charge in [0.05, 0.1) is 0 Å². The average Bonchev–Trinajstić information content (AvgIpc) is 2.77. The van der Waals surface area contributed by atoms with Crippen molar-refractivity contribution >= 4 is 144 Å². The first-order valence-corrected chi connectivity index (χ1v) is 47.4. The van der Waals surface area contributed by atoms with Gasteiger partial charge in [-0.3, -0.25) is 0 Å². The molecule has 0 aliphatic carbocycles. The summed E-state index contributed by atoms with van der Waals surface area (Å²) in [5.41, 5.74) is 0. The van der Waals surface area contributed by atoms with E-state index in [1.54, 1.807) is 78.6 Å². The minimum Gasteiger partial charge on any atom is -0.374 e. The largest absolute Gasteiger partial charge is 0.553 e. The third-order valence-electron chi connectivity index (χ3n) is 7.67. The smallest absolute Gasteiger partial charge is 0.374 e. The second-order valence-corrected chi connectivity index (χ2v) is 56.1. The lowest BCUT2D eigenvalue weighted by Crippen LogP contribution is -2.83. The number of hydrogen-bond acceptors (Lipinski definition) is 24. The molecule has 24 nitrogen and oxygen atoms in total. The maximum absolute atomic E-state index is 6.93. The van der Waals surface area contributed by atoms with Gasteiger partial charge in [-0.1, -0.05) is 0 Å². The molecule has 10 aliphatic heterocycles. The molecule has 0 amide bonds. The van der Waals surface area contributed by atoms with E-state index in [1.165, 1.54) is 0 Å². The van der Waals surface area contributed by atoms with Gasteiger partial charge in [0.2, 0.25) is 0 Å². The van der Waals surface area contributed by atoms with Crippen LogP contribution in [0.5, 0.6) is 0 Å². The molecule has 0 unspecified atom stereocenters. The van der Waals surface area contributed by atoms with Crippen molar-refractivity contribution in [3.05, 3.63) is 0 Å². The van der Waals surface area contributed by atoms with Gasteiger partial charge in [-0.05, 0) is 0 Å². The van der Waals surface area contributed by atoms with Crippen LogP contribution in [0, 0.1) is 0 Å². The highest BCUT2D eigenvalue weighted by Crippen LogP contribution is 2.47. The van der Waals surface area contributed by atoms with Gasteiger partial charge < -0.3 is 98.8 Å². The summed E-state index contributed by atoms with van der Waals surface area (Å²) < 4.78 is 163. The average molecular weight is 1010 g/mol. The lowest BCUT2D eigenvalue weighted by molar-refractivity contribution is -0.00120. The fraction of sp³-hybridized carbons (Fsp3) is 1.00. The molecule has 4 radical (unpaired) electrons. The molecular formula is C12H36O24Si16. The van der Waals surface area contributed by atoms with E-state index in [1.807, 2.05) is 0 Å². The minimum absolute atomic E-state index is 1.63. The van der Waals surface area contributed by atoms with E-state index < -0.39 is 144 Å². The molecule has 0 aromatic rings. The Labute approximate surface area is 319 Å². The molecule has 0 spiro atoms. The lowest BCUT2D eigenvalue weighted by Gasteiger charge is -2.57. The van der Waals surface area contributed by atoms with Crippen LogP contribution >= 0.6 is 0 Å². The Morgan fingerprint density at radius 3 is 0.442 bits per heavy atom. The highest BCUT2D eigenvalue weighted by atomic mass is 28.6. The van der Waals surface area contributed by atoms with Gasteiger partial charge in [-0.2, -0.15) is 0 Å². The van der Waals surface area contributed by atoms with Crippen molar-refractivity contribution in [3.8, 4) is 0 Å². The van der Waals surface area contributed by atoms with Crippen molar-refractivity contribution in [2.45, 2.75) is 78.6 Å². The van der Waals surface area contributed by atoms with Gasteiger partial charge >= 0.3 is 144 Å². The van der Waals surface area contributed by atoms with Crippen molar-refractivity contribution in [3.63, 3.8) is 0 Å². The minimum atomic E-state index is -4.24. The molecule has 10 fully saturated rings. The van der Waals surface area contributed by atoms with Crippen LogP contribution in [0.3, 0.4) is 0 Å². The van der Waals surface area contributed by atoms with Gasteiger partial charge in [0.15, 0.2) is 0 Å². The summed E-state index contributed by atoms with van der Waals surface area (Å²) in [5.74, 6) is 0. The molecule has 0 aromatic carbocycles. The van der Waals surface area contributed by atoms with E-state index in [-0.39, 0.29) is 0 Å². The summed E-state index contributed by atoms with van der Waals surface area (Å²) in [6.07, 6.45) is 0. The van der Waals surface area contributed by atoms with E-state index >= 15 is 0 Å². The Morgan fingerprint density at radius 1 is 0.192 bits per heavy atom. The molecule has 0 saturated carbocycles. The Bertz CT molecular complexity index is 1260. The number of hydrogen-bond donors (Lipinski definition) is 0. The van der Waals surface area contributed by atoms with E-state index in [0.29, 0.717) is 0 Å². The second kappa shape index (κ2) is 12.1. The number of rotatable bonds is 0. The topological polar surface area (TPSA) is 222 Å². The van der Waals surface area contributed by atoms with Gasteiger partial charge in [0.25, 0.3) is 0 Å². The molecule has 40 heteroatoms. The zero-order valence-electron chi connectivity index (χ0n) is 29.8. The quantitative estimate of drug-likeness (QED) is 0.273. The van der Waals surface area contributed by atoms with Gasteiger partial charge in [0, 0.05) is 78.6 Å². The van der Waals surface area contributed by atoms with Gasteiger partial charge in [-0.25, -0.2) is 0 Å². The van der Waals surface area contributed by atoms with Crippen molar-refractivity contribution in [2.24, 2.45) is 0 Å². The molecule has 10 saturated heterocycles. The monoisotopic (exact) mass is 1010 g/mol. The molecule has 52 heavy (non-hydrogen) atoms. The van der Waals surface area contributed by atoms with Crippen molar-refractivity contribution in [1.29, 1.82) is 0 Å². The van der Waals surface area contributed by atoms with Crippen LogP contribution in [0.15, 0.2) is 0 Å². The first-order chi connectivity index (χ1) is 23.6. The van der Waals surface area contributed by atoms with E-state index in [0.717, 1.165) is 0 Å². The summed E-state index contributed by atoms with van der Waals surface area (Å²) in [7, 11) is -62.4. The maximum atomic E-state index is 6.93. The van der Waals surface area contributed by atoms with Crippen LogP contribution in [0.2, 0.25) is 78.6 Å². The molecule has 0 aromatic heterocycles. The van der Waals surface area contributed by atoms with Crippen LogP contribution in [-0.2, 0) is 98.8 Å². The maximum Gasteiger partial charge on any atom is 0.553 e. The van der Waals surface area contributed by atoms with E-state index in [9.17, 15) is 0 Å². The summed E-state index contributed by atoms with van der Waals surface area (Å²) in [6.45, 7) is 19.7. The Hall–Kier alpha value is 2.51. The van der Waals surface area contributed by atoms with Crippen LogP contribution in [0.4, 0.5) is 0 Å². The zero-order valence-corrected chi connectivity index (χ0v) is 45.8. The molecule has 10 heterocycles. The van der Waals surface area contributed by atoms with Crippen molar-refractivity contribution in [1.82, 2.24) is 0 Å². The molecule has 0 N–H and O–H groups in total. The summed E-state index contributed by atoms with van der Waals surface area (Å²) in [4.78, 5) is 0. The zero-order chi connectivity index (χ0) is 37.3. The van der Waals surface area contributed by atoms with Crippen molar-refractivity contribution in [2.75, 3.05) is 0 Å². The van der Waals surface area contributed by atoms with Gasteiger partial charge in [-0.15, -0.1) is 0 Å². The Balaban J connectivity index is 1.42. The third-order valence-corrected chi connectivity index (χ3v) is 69.1. The molecule has 0 atom stereocenters. The highest BCUT2D eigenvalue weighted by Gasteiger charge is 2.77. The molecule has 292 valence electrons. The van der Waals surface area contributed by atoms with Crippen LogP contribution in [0.25, 0.3) is 0 Å². The van der Waals surface area contributed by atoms with E-state index in [2.05, 4.69) is 0 Å². The first kappa shape index (κ1) is 39.9. The summed E-state index contributed by atoms with van der Waals surface area (Å²) >= 11 is 0. The molecule has 10 aliphatic rings. The lowest BCUT2D eigenvalue weighted by atomic mass is 11.9. The molecule has 16 bridgehead atoms. The standard InChI is InChI=1S/C12H36O24Si16/c1-41-17-37-13-38-15-40-16-39(14-37)19-43(3)24-46(6,22-41)30-50(10)33-49(9)29-45(5,21-41)23-42(2,18-38)25-47(7)27-44(4,20-40)28-48(8,26-43)32-52(12,35-50)36-51(11,31-47)34-49/h1-12H3. The molecule has 10 rings (SSSR count). The molecular weight excluding hydrogens is 977 g/mol. The fourth-order valence-electron chi connectivity index (χ4n) is 7.27. The van der Waals surface area contributed by atoms with E-state index in [4.69, 9.17) is 98.8 Å². The normalized spacial score (nSPS) is 60.2. The van der Waals surface area contributed by atoms with Gasteiger partial charge in [0.1, 0.15) is 0 Å². The predicted octanol–water partition coefficient (Wildman–Crippen LogP) is -0.729. The summed E-state index contributed by atoms with van der Waals surface area (Å²) in [6, 6.07) is 0. The van der Waals surface area contributed by atoms with Crippen LogP contribution < -0.4 is 0 Å².